The molecule has 110 valence electrons. The first kappa shape index (κ1) is 18.3. The van der Waals surface area contributed by atoms with Crippen LogP contribution in [0.4, 0.5) is 0 Å². The van der Waals surface area contributed by atoms with E-state index in [0.717, 1.165) is 13.0 Å². The van der Waals surface area contributed by atoms with Crippen molar-refractivity contribution in [3.05, 3.63) is 12.2 Å². The fourth-order valence-corrected chi connectivity index (χ4v) is 1.75. The molecule has 1 heteroatoms. The summed E-state index contributed by atoms with van der Waals surface area (Å²) in [6.45, 7) is 9.33. The highest BCUT2D eigenvalue weighted by atomic mass is 16.5. The van der Waals surface area contributed by atoms with Crippen molar-refractivity contribution < 1.29 is 4.74 Å². The Morgan fingerprint density at radius 1 is 0.947 bits per heavy atom. The largest absolute Gasteiger partial charge is 0.376 e. The van der Waals surface area contributed by atoms with Crippen molar-refractivity contribution in [1.82, 2.24) is 0 Å². The molecule has 0 N–H and O–H groups in total. The number of hydrogen-bond acceptors (Lipinski definition) is 1. The molecule has 0 fully saturated rings. The van der Waals surface area contributed by atoms with Crippen LogP contribution in [0.3, 0.4) is 0 Å². The lowest BCUT2D eigenvalue weighted by Crippen LogP contribution is -2.19. The van der Waals surface area contributed by atoms with E-state index in [1.54, 1.807) is 0 Å². The fourth-order valence-electron chi connectivity index (χ4n) is 1.75. The molecule has 0 aliphatic carbocycles. The van der Waals surface area contributed by atoms with Crippen LogP contribution in [0.15, 0.2) is 12.2 Å². The Morgan fingerprint density at radius 2 is 1.58 bits per heavy atom. The third kappa shape index (κ3) is 17.3. The maximum absolute atomic E-state index is 5.70. The summed E-state index contributed by atoms with van der Waals surface area (Å²) < 4.78 is 5.70. The highest BCUT2D eigenvalue weighted by molar-refractivity contribution is 5.14. The molecule has 0 aromatic carbocycles. The molecule has 0 aliphatic rings. The van der Waals surface area contributed by atoms with Crippen molar-refractivity contribution in [3.63, 3.8) is 0 Å². The molecule has 1 nitrogen and oxygen atoms in total. The van der Waals surface area contributed by atoms with Crippen LogP contribution in [0.5, 0.6) is 0 Å². The van der Waals surface area contributed by atoms with Crippen LogP contribution in [0.2, 0.25) is 0 Å². The summed E-state index contributed by atoms with van der Waals surface area (Å²) in [7, 11) is 0. The lowest BCUT2D eigenvalue weighted by molar-refractivity contribution is -0.00474. The van der Waals surface area contributed by atoms with Gasteiger partial charge in [0, 0.05) is 13.0 Å². The Morgan fingerprint density at radius 3 is 2.21 bits per heavy atom. The molecular weight excluding hydrogens is 232 g/mol. The lowest BCUT2D eigenvalue weighted by atomic mass is 10.1. The zero-order valence-electron chi connectivity index (χ0n) is 13.4. The van der Waals surface area contributed by atoms with Crippen LogP contribution in [0.1, 0.15) is 79.1 Å². The molecule has 0 bridgehead atoms. The van der Waals surface area contributed by atoms with Gasteiger partial charge in [-0.2, -0.15) is 0 Å². The van der Waals surface area contributed by atoms with Crippen LogP contribution >= 0.6 is 0 Å². The Bertz CT molecular complexity index is 272. The highest BCUT2D eigenvalue weighted by Crippen LogP contribution is 2.10. The third-order valence-corrected chi connectivity index (χ3v) is 2.78. The Kier molecular flexibility index (Phi) is 11.8. The normalized spacial score (nSPS) is 11.6. The van der Waals surface area contributed by atoms with Crippen molar-refractivity contribution in [3.8, 4) is 11.8 Å². The molecule has 0 amide bonds. The average Bonchev–Trinajstić information content (AvgIpc) is 2.34. The second kappa shape index (κ2) is 12.3. The van der Waals surface area contributed by atoms with Gasteiger partial charge in [0.25, 0.3) is 0 Å². The zero-order valence-corrected chi connectivity index (χ0v) is 13.4. The standard InChI is InChI=1S/C18H32O/c1-5-6-7-8-9-10-11-12-13-14-15-16-17-19-18(2,3)4/h8-9H,5,10-17H2,1-4H3/b9-8+. The summed E-state index contributed by atoms with van der Waals surface area (Å²) in [5, 5.41) is 0. The third-order valence-electron chi connectivity index (χ3n) is 2.78. The highest BCUT2D eigenvalue weighted by Gasteiger charge is 2.08. The zero-order chi connectivity index (χ0) is 14.4. The van der Waals surface area contributed by atoms with Gasteiger partial charge in [0.1, 0.15) is 0 Å². The van der Waals surface area contributed by atoms with Crippen LogP contribution in [-0.4, -0.2) is 12.2 Å². The van der Waals surface area contributed by atoms with E-state index in [1.165, 1.54) is 44.9 Å². The summed E-state index contributed by atoms with van der Waals surface area (Å²) in [6, 6.07) is 0. The van der Waals surface area contributed by atoms with Gasteiger partial charge in [-0.3, -0.25) is 0 Å². The minimum absolute atomic E-state index is 0.0208. The average molecular weight is 264 g/mol. The van der Waals surface area contributed by atoms with Crippen molar-refractivity contribution in [1.29, 1.82) is 0 Å². The molecule has 0 spiro atoms. The number of unbranched alkanes of at least 4 members (excludes halogenated alkanes) is 6. The maximum atomic E-state index is 5.70. The second-order valence-corrected chi connectivity index (χ2v) is 5.95. The number of rotatable bonds is 9. The van der Waals surface area contributed by atoms with Crippen molar-refractivity contribution >= 4 is 0 Å². The monoisotopic (exact) mass is 264 g/mol. The first-order valence-corrected chi connectivity index (χ1v) is 7.83. The van der Waals surface area contributed by atoms with Gasteiger partial charge >= 0.3 is 0 Å². The molecule has 0 aliphatic heterocycles. The van der Waals surface area contributed by atoms with Gasteiger partial charge in [0.15, 0.2) is 0 Å². The number of hydrogen-bond donors (Lipinski definition) is 0. The van der Waals surface area contributed by atoms with Gasteiger partial charge in [-0.1, -0.05) is 50.5 Å². The summed E-state index contributed by atoms with van der Waals surface area (Å²) in [6.07, 6.45) is 14.1. The molecule has 0 aromatic heterocycles. The smallest absolute Gasteiger partial charge is 0.0598 e. The van der Waals surface area contributed by atoms with Gasteiger partial charge in [0.05, 0.1) is 5.60 Å². The van der Waals surface area contributed by atoms with Gasteiger partial charge in [-0.25, -0.2) is 0 Å². The van der Waals surface area contributed by atoms with E-state index in [-0.39, 0.29) is 5.60 Å². The van der Waals surface area contributed by atoms with Crippen LogP contribution in [0.25, 0.3) is 0 Å². The summed E-state index contributed by atoms with van der Waals surface area (Å²) >= 11 is 0. The van der Waals surface area contributed by atoms with Crippen LogP contribution < -0.4 is 0 Å². The van der Waals surface area contributed by atoms with Gasteiger partial charge < -0.3 is 4.74 Å². The summed E-state index contributed by atoms with van der Waals surface area (Å²) in [5.41, 5.74) is 0.0208. The number of allylic oxidation sites excluding steroid dienone is 2. The minimum atomic E-state index is 0.0208. The first-order valence-electron chi connectivity index (χ1n) is 7.83. The molecule has 0 aromatic rings. The lowest BCUT2D eigenvalue weighted by Gasteiger charge is -2.19. The van der Waals surface area contributed by atoms with Crippen LogP contribution in [-0.2, 0) is 4.74 Å². The number of ether oxygens (including phenoxy) is 1. The molecule has 0 saturated heterocycles. The fraction of sp³-hybridized carbons (Fsp3) is 0.778. The van der Waals surface area contributed by atoms with E-state index in [4.69, 9.17) is 4.74 Å². The Labute approximate surface area is 120 Å². The van der Waals surface area contributed by atoms with Gasteiger partial charge in [-0.15, -0.1) is 0 Å². The second-order valence-electron chi connectivity index (χ2n) is 5.95. The SMILES string of the molecule is CCC#C/C=C/CCCCCCCCOC(C)(C)C. The summed E-state index contributed by atoms with van der Waals surface area (Å²) in [4.78, 5) is 0. The maximum Gasteiger partial charge on any atom is 0.0598 e. The minimum Gasteiger partial charge on any atom is -0.376 e. The molecular formula is C18H32O. The first-order chi connectivity index (χ1) is 9.06. The molecule has 0 saturated carbocycles. The summed E-state index contributed by atoms with van der Waals surface area (Å²) in [5.74, 6) is 6.07. The molecule has 0 rings (SSSR count). The predicted molar refractivity (Wildman–Crippen MR) is 85.2 cm³/mol. The molecule has 0 heterocycles. The Balaban J connectivity index is 3.17. The van der Waals surface area contributed by atoms with E-state index in [9.17, 15) is 0 Å². The van der Waals surface area contributed by atoms with Crippen molar-refractivity contribution in [2.24, 2.45) is 0 Å². The van der Waals surface area contributed by atoms with E-state index >= 15 is 0 Å². The van der Waals surface area contributed by atoms with Gasteiger partial charge in [0.2, 0.25) is 0 Å². The molecule has 0 radical (unpaired) electrons. The van der Waals surface area contributed by atoms with Crippen LogP contribution in [0, 0.1) is 11.8 Å². The topological polar surface area (TPSA) is 9.23 Å². The van der Waals surface area contributed by atoms with E-state index in [1.807, 2.05) is 6.08 Å². The quantitative estimate of drug-likeness (QED) is 0.394. The van der Waals surface area contributed by atoms with E-state index in [2.05, 4.69) is 45.6 Å². The van der Waals surface area contributed by atoms with E-state index in [0.29, 0.717) is 0 Å². The molecule has 19 heavy (non-hydrogen) atoms. The predicted octanol–water partition coefficient (Wildman–Crippen LogP) is 5.50. The van der Waals surface area contributed by atoms with Gasteiger partial charge in [-0.05, 0) is 46.1 Å². The molecule has 0 unspecified atom stereocenters. The Hall–Kier alpha value is -0.740. The van der Waals surface area contributed by atoms with Crippen molar-refractivity contribution in [2.45, 2.75) is 84.7 Å². The van der Waals surface area contributed by atoms with E-state index < -0.39 is 0 Å². The molecule has 0 atom stereocenters. The van der Waals surface area contributed by atoms with Crippen molar-refractivity contribution in [2.75, 3.05) is 6.61 Å².